The Hall–Kier alpha value is -0.790. The Morgan fingerprint density at radius 2 is 1.81 bits per heavy atom. The van der Waals surface area contributed by atoms with E-state index in [-0.39, 0.29) is 10.9 Å². The molecule has 8 heteroatoms. The summed E-state index contributed by atoms with van der Waals surface area (Å²) in [4.78, 5) is 0.156. The third kappa shape index (κ3) is 3.90. The molecule has 0 aromatic heterocycles. The zero-order valence-electron chi connectivity index (χ0n) is 11.8. The first-order valence-corrected chi connectivity index (χ1v) is 10.8. The third-order valence-corrected chi connectivity index (χ3v) is 6.81. The molecular formula is C13H18ClNO4S2. The van der Waals surface area contributed by atoms with Crippen molar-refractivity contribution in [3.05, 3.63) is 23.2 Å². The second-order valence-electron chi connectivity index (χ2n) is 5.46. The number of anilines is 1. The summed E-state index contributed by atoms with van der Waals surface area (Å²) in [7, 11) is -6.48. The Kier molecular flexibility index (Phi) is 4.56. The van der Waals surface area contributed by atoms with Gasteiger partial charge in [0.05, 0.1) is 20.9 Å². The van der Waals surface area contributed by atoms with Gasteiger partial charge in [0.2, 0.25) is 0 Å². The molecule has 2 unspecified atom stereocenters. The maximum Gasteiger partial charge on any atom is 0.175 e. The van der Waals surface area contributed by atoms with Gasteiger partial charge in [0, 0.05) is 18.6 Å². The minimum atomic E-state index is -3.33. The molecule has 0 bridgehead atoms. The average molecular weight is 352 g/mol. The van der Waals surface area contributed by atoms with Crippen molar-refractivity contribution in [2.75, 3.05) is 17.8 Å². The van der Waals surface area contributed by atoms with Crippen LogP contribution in [0.15, 0.2) is 23.1 Å². The lowest BCUT2D eigenvalue weighted by Gasteiger charge is -2.21. The molecule has 118 valence electrons. The standard InChI is InChI=1S/C13H18ClNO4S2/c1-20(16,17)9-6-7-10(14)12(8-9)15-11-4-3-5-13(11)21(2,18)19/h6-8,11,13,15H,3-5H2,1-2H3. The number of halogens is 1. The fraction of sp³-hybridized carbons (Fsp3) is 0.538. The van der Waals surface area contributed by atoms with E-state index in [9.17, 15) is 16.8 Å². The van der Waals surface area contributed by atoms with E-state index in [0.29, 0.717) is 17.1 Å². The molecule has 0 saturated heterocycles. The van der Waals surface area contributed by atoms with E-state index >= 15 is 0 Å². The van der Waals surface area contributed by atoms with Gasteiger partial charge < -0.3 is 5.32 Å². The highest BCUT2D eigenvalue weighted by atomic mass is 35.5. The quantitative estimate of drug-likeness (QED) is 0.898. The van der Waals surface area contributed by atoms with E-state index in [1.165, 1.54) is 24.5 Å². The largest absolute Gasteiger partial charge is 0.380 e. The number of nitrogens with one attached hydrogen (secondary N) is 1. The number of hydrogen-bond acceptors (Lipinski definition) is 5. The van der Waals surface area contributed by atoms with Gasteiger partial charge >= 0.3 is 0 Å². The molecule has 1 N–H and O–H groups in total. The second-order valence-corrected chi connectivity index (χ2v) is 10.2. The van der Waals surface area contributed by atoms with Crippen LogP contribution in [-0.2, 0) is 19.7 Å². The Balaban J connectivity index is 2.31. The minimum absolute atomic E-state index is 0.156. The van der Waals surface area contributed by atoms with Gasteiger partial charge in [0.1, 0.15) is 0 Å². The smallest absolute Gasteiger partial charge is 0.175 e. The third-order valence-electron chi connectivity index (χ3n) is 3.71. The lowest BCUT2D eigenvalue weighted by atomic mass is 10.2. The van der Waals surface area contributed by atoms with Crippen molar-refractivity contribution in [1.29, 1.82) is 0 Å². The highest BCUT2D eigenvalue weighted by molar-refractivity contribution is 7.91. The summed E-state index contributed by atoms with van der Waals surface area (Å²) in [5.74, 6) is 0. The highest BCUT2D eigenvalue weighted by Crippen LogP contribution is 2.32. The van der Waals surface area contributed by atoms with Crippen molar-refractivity contribution < 1.29 is 16.8 Å². The van der Waals surface area contributed by atoms with Gasteiger partial charge in [-0.25, -0.2) is 16.8 Å². The van der Waals surface area contributed by atoms with Crippen molar-refractivity contribution in [3.8, 4) is 0 Å². The summed E-state index contributed by atoms with van der Waals surface area (Å²) in [5.41, 5.74) is 0.458. The van der Waals surface area contributed by atoms with Crippen LogP contribution in [-0.4, -0.2) is 40.6 Å². The first-order chi connectivity index (χ1) is 9.59. The summed E-state index contributed by atoms with van der Waals surface area (Å²) in [6, 6.07) is 4.15. The Labute approximate surface area is 130 Å². The van der Waals surface area contributed by atoms with Crippen molar-refractivity contribution in [2.45, 2.75) is 35.4 Å². The Bertz CT molecular complexity index is 743. The van der Waals surface area contributed by atoms with Gasteiger partial charge in [-0.05, 0) is 37.5 Å². The van der Waals surface area contributed by atoms with Gasteiger partial charge in [-0.3, -0.25) is 0 Å². The maximum absolute atomic E-state index is 11.8. The van der Waals surface area contributed by atoms with Crippen LogP contribution >= 0.6 is 11.6 Å². The molecule has 0 amide bonds. The molecule has 1 aromatic carbocycles. The van der Waals surface area contributed by atoms with Crippen LogP contribution in [0.5, 0.6) is 0 Å². The van der Waals surface area contributed by atoms with Crippen molar-refractivity contribution in [2.24, 2.45) is 0 Å². The Morgan fingerprint density at radius 1 is 1.14 bits per heavy atom. The van der Waals surface area contributed by atoms with Gasteiger partial charge in [-0.1, -0.05) is 11.6 Å². The van der Waals surface area contributed by atoms with Crippen LogP contribution in [0.1, 0.15) is 19.3 Å². The second kappa shape index (κ2) is 5.78. The normalized spacial score (nSPS) is 23.2. The van der Waals surface area contributed by atoms with Gasteiger partial charge in [0.15, 0.2) is 19.7 Å². The molecule has 1 aliphatic rings. The number of benzene rings is 1. The zero-order valence-corrected chi connectivity index (χ0v) is 14.2. The van der Waals surface area contributed by atoms with Crippen molar-refractivity contribution in [3.63, 3.8) is 0 Å². The van der Waals surface area contributed by atoms with Crippen LogP contribution in [0, 0.1) is 0 Å². The van der Waals surface area contributed by atoms with E-state index in [1.807, 2.05) is 0 Å². The topological polar surface area (TPSA) is 80.3 Å². The molecule has 21 heavy (non-hydrogen) atoms. The van der Waals surface area contributed by atoms with Crippen molar-refractivity contribution >= 4 is 37.0 Å². The number of sulfone groups is 2. The number of rotatable bonds is 4. The van der Waals surface area contributed by atoms with E-state index < -0.39 is 24.9 Å². The first-order valence-electron chi connectivity index (χ1n) is 6.54. The lowest BCUT2D eigenvalue weighted by Crippen LogP contribution is -2.34. The molecule has 0 heterocycles. The number of hydrogen-bond donors (Lipinski definition) is 1. The van der Waals surface area contributed by atoms with Gasteiger partial charge in [-0.15, -0.1) is 0 Å². The first kappa shape index (κ1) is 16.6. The fourth-order valence-electron chi connectivity index (χ4n) is 2.65. The molecule has 2 atom stereocenters. The fourth-order valence-corrected chi connectivity index (χ4v) is 4.86. The van der Waals surface area contributed by atoms with Crippen LogP contribution in [0.4, 0.5) is 5.69 Å². The highest BCUT2D eigenvalue weighted by Gasteiger charge is 2.35. The summed E-state index contributed by atoms with van der Waals surface area (Å²) in [6.45, 7) is 0. The molecule has 1 aliphatic carbocycles. The summed E-state index contributed by atoms with van der Waals surface area (Å²) >= 11 is 6.08. The predicted octanol–water partition coefficient (Wildman–Crippen LogP) is 2.12. The van der Waals surface area contributed by atoms with Crippen LogP contribution in [0.25, 0.3) is 0 Å². The molecule has 0 spiro atoms. The molecule has 1 fully saturated rings. The predicted molar refractivity (Wildman–Crippen MR) is 84.5 cm³/mol. The zero-order chi connectivity index (χ0) is 15.8. The summed E-state index contributed by atoms with van der Waals surface area (Å²) in [5, 5.41) is 3.02. The molecular weight excluding hydrogens is 334 g/mol. The summed E-state index contributed by atoms with van der Waals surface area (Å²) in [6.07, 6.45) is 4.50. The van der Waals surface area contributed by atoms with E-state index in [4.69, 9.17) is 11.6 Å². The maximum atomic E-state index is 11.8. The van der Waals surface area contributed by atoms with Gasteiger partial charge in [0.25, 0.3) is 0 Å². The Morgan fingerprint density at radius 3 is 2.38 bits per heavy atom. The van der Waals surface area contributed by atoms with Crippen LogP contribution in [0.3, 0.4) is 0 Å². The van der Waals surface area contributed by atoms with Gasteiger partial charge in [-0.2, -0.15) is 0 Å². The molecule has 0 aliphatic heterocycles. The van der Waals surface area contributed by atoms with E-state index in [1.54, 1.807) is 0 Å². The van der Waals surface area contributed by atoms with Crippen LogP contribution < -0.4 is 5.32 Å². The molecule has 5 nitrogen and oxygen atoms in total. The molecule has 1 aromatic rings. The average Bonchev–Trinajstić information content (AvgIpc) is 2.78. The monoisotopic (exact) mass is 351 g/mol. The van der Waals surface area contributed by atoms with Crippen LogP contribution in [0.2, 0.25) is 5.02 Å². The molecule has 0 radical (unpaired) electrons. The van der Waals surface area contributed by atoms with E-state index in [0.717, 1.165) is 19.1 Å². The SMILES string of the molecule is CS(=O)(=O)c1ccc(Cl)c(NC2CCCC2S(C)(=O)=O)c1. The van der Waals surface area contributed by atoms with Crippen molar-refractivity contribution in [1.82, 2.24) is 0 Å². The minimum Gasteiger partial charge on any atom is -0.380 e. The van der Waals surface area contributed by atoms with E-state index in [2.05, 4.69) is 5.32 Å². The lowest BCUT2D eigenvalue weighted by molar-refractivity contribution is 0.579. The summed E-state index contributed by atoms with van der Waals surface area (Å²) < 4.78 is 46.7. The molecule has 1 saturated carbocycles. The molecule has 2 rings (SSSR count).